The molecule has 4 nitrogen and oxygen atoms in total. The molecule has 1 rings (SSSR count). The number of nitrogens with zero attached hydrogens (tertiary/aromatic N) is 1. The molecule has 1 atom stereocenters. The first-order valence-corrected chi connectivity index (χ1v) is 3.71. The van der Waals surface area contributed by atoms with Crippen molar-refractivity contribution in [2.45, 2.75) is 18.9 Å². The summed E-state index contributed by atoms with van der Waals surface area (Å²) in [5, 5.41) is 0. The number of likely N-dealkylation sites (N-methyl/N-ethyl adjacent to an activating group) is 1. The number of cyclic esters (lactones) is 1. The van der Waals surface area contributed by atoms with Gasteiger partial charge < -0.3 is 15.4 Å². The average molecular weight is 158 g/mol. The maximum Gasteiger partial charge on any atom is 0.410 e. The molecule has 1 heterocycles. The van der Waals surface area contributed by atoms with E-state index in [0.29, 0.717) is 13.1 Å². The Morgan fingerprint density at radius 2 is 2.45 bits per heavy atom. The first kappa shape index (κ1) is 8.33. The lowest BCUT2D eigenvalue weighted by Crippen LogP contribution is -2.32. The molecule has 0 aliphatic carbocycles. The highest BCUT2D eigenvalue weighted by Gasteiger charge is 2.38. The minimum Gasteiger partial charge on any atom is -0.441 e. The van der Waals surface area contributed by atoms with Crippen LogP contribution in [0.2, 0.25) is 0 Å². The summed E-state index contributed by atoms with van der Waals surface area (Å²) in [6, 6.07) is 0. The molecule has 0 aromatic carbocycles. The molecule has 1 saturated heterocycles. The molecule has 2 N–H and O–H groups in total. The number of ether oxygens (including phenoxy) is 1. The van der Waals surface area contributed by atoms with Crippen LogP contribution in [0.15, 0.2) is 0 Å². The summed E-state index contributed by atoms with van der Waals surface area (Å²) in [5.41, 5.74) is 5.01. The number of hydrogen-bond acceptors (Lipinski definition) is 3. The molecule has 1 aliphatic rings. The van der Waals surface area contributed by atoms with Gasteiger partial charge in [-0.3, -0.25) is 0 Å². The molecule has 1 amide bonds. The van der Waals surface area contributed by atoms with Gasteiger partial charge in [-0.25, -0.2) is 4.79 Å². The van der Waals surface area contributed by atoms with E-state index in [1.807, 2.05) is 6.92 Å². The lowest BCUT2D eigenvalue weighted by atomic mass is 10.0. The molecular weight excluding hydrogens is 144 g/mol. The third-order valence-corrected chi connectivity index (χ3v) is 1.89. The van der Waals surface area contributed by atoms with Gasteiger partial charge >= 0.3 is 6.09 Å². The monoisotopic (exact) mass is 158 g/mol. The number of amides is 1. The second-order valence-corrected chi connectivity index (χ2v) is 3.21. The zero-order valence-electron chi connectivity index (χ0n) is 6.96. The molecule has 0 aromatic heterocycles. The minimum atomic E-state index is -0.361. The van der Waals surface area contributed by atoms with Gasteiger partial charge in [-0.1, -0.05) is 0 Å². The summed E-state index contributed by atoms with van der Waals surface area (Å²) >= 11 is 0. The van der Waals surface area contributed by atoms with E-state index >= 15 is 0 Å². The summed E-state index contributed by atoms with van der Waals surface area (Å²) in [4.78, 5) is 12.5. The van der Waals surface area contributed by atoms with Gasteiger partial charge in [0.2, 0.25) is 0 Å². The van der Waals surface area contributed by atoms with Gasteiger partial charge in [0.05, 0.1) is 6.54 Å². The van der Waals surface area contributed by atoms with E-state index in [1.165, 1.54) is 0 Å². The first-order valence-electron chi connectivity index (χ1n) is 3.71. The molecule has 1 fully saturated rings. The molecular formula is C7H14N2O2. The summed E-state index contributed by atoms with van der Waals surface area (Å²) in [7, 11) is 1.73. The van der Waals surface area contributed by atoms with Gasteiger partial charge in [-0.15, -0.1) is 0 Å². The molecule has 0 bridgehead atoms. The van der Waals surface area contributed by atoms with Gasteiger partial charge in [-0.2, -0.15) is 0 Å². The number of carbonyl (C=O) groups is 1. The molecule has 0 spiro atoms. The van der Waals surface area contributed by atoms with Crippen LogP contribution in [-0.4, -0.2) is 36.7 Å². The molecule has 1 unspecified atom stereocenters. The van der Waals surface area contributed by atoms with Gasteiger partial charge in [0.15, 0.2) is 0 Å². The van der Waals surface area contributed by atoms with Crippen molar-refractivity contribution >= 4 is 6.09 Å². The van der Waals surface area contributed by atoms with E-state index in [4.69, 9.17) is 10.5 Å². The quantitative estimate of drug-likeness (QED) is 0.623. The average Bonchev–Trinajstić information content (AvgIpc) is 2.08. The lowest BCUT2D eigenvalue weighted by Gasteiger charge is -2.19. The third kappa shape index (κ3) is 1.63. The van der Waals surface area contributed by atoms with Gasteiger partial charge in [0.25, 0.3) is 0 Å². The number of hydrogen-bond donors (Lipinski definition) is 1. The molecule has 64 valence electrons. The van der Waals surface area contributed by atoms with Crippen LogP contribution >= 0.6 is 0 Å². The van der Waals surface area contributed by atoms with E-state index in [0.717, 1.165) is 6.42 Å². The summed E-state index contributed by atoms with van der Waals surface area (Å²) in [6.07, 6.45) is 0.476. The Morgan fingerprint density at radius 1 is 1.82 bits per heavy atom. The third-order valence-electron chi connectivity index (χ3n) is 1.89. The van der Waals surface area contributed by atoms with Crippen LogP contribution in [0.25, 0.3) is 0 Å². The van der Waals surface area contributed by atoms with Crippen LogP contribution in [-0.2, 0) is 4.74 Å². The zero-order chi connectivity index (χ0) is 8.48. The predicted molar refractivity (Wildman–Crippen MR) is 41.2 cm³/mol. The molecule has 1 aliphatic heterocycles. The van der Waals surface area contributed by atoms with Gasteiger partial charge in [-0.05, 0) is 13.5 Å². The standard InChI is InChI=1S/C7H14N2O2/c1-7(3-4-8)5-9(2)6(10)11-7/h3-5,8H2,1-2H3. The van der Waals surface area contributed by atoms with Crippen molar-refractivity contribution in [2.75, 3.05) is 20.1 Å². The van der Waals surface area contributed by atoms with E-state index in [9.17, 15) is 4.79 Å². The molecule has 0 aromatic rings. The largest absolute Gasteiger partial charge is 0.441 e. The van der Waals surface area contributed by atoms with Crippen molar-refractivity contribution in [3.8, 4) is 0 Å². The van der Waals surface area contributed by atoms with E-state index in [1.54, 1.807) is 11.9 Å². The topological polar surface area (TPSA) is 55.6 Å². The fourth-order valence-corrected chi connectivity index (χ4v) is 1.32. The molecule has 11 heavy (non-hydrogen) atoms. The summed E-state index contributed by atoms with van der Waals surface area (Å²) < 4.78 is 5.11. The van der Waals surface area contributed by atoms with Crippen molar-refractivity contribution in [1.29, 1.82) is 0 Å². The fourth-order valence-electron chi connectivity index (χ4n) is 1.32. The Bertz CT molecular complexity index is 172. The van der Waals surface area contributed by atoms with Gasteiger partial charge in [0.1, 0.15) is 5.60 Å². The summed E-state index contributed by atoms with van der Waals surface area (Å²) in [6.45, 7) is 3.10. The predicted octanol–water partition coefficient (Wildman–Crippen LogP) is 0.176. The summed E-state index contributed by atoms with van der Waals surface area (Å²) in [5.74, 6) is 0. The van der Waals surface area contributed by atoms with Crippen LogP contribution in [0.1, 0.15) is 13.3 Å². The van der Waals surface area contributed by atoms with Crippen molar-refractivity contribution in [1.82, 2.24) is 4.90 Å². The highest BCUT2D eigenvalue weighted by atomic mass is 16.6. The zero-order valence-corrected chi connectivity index (χ0v) is 6.96. The van der Waals surface area contributed by atoms with Crippen LogP contribution in [0.5, 0.6) is 0 Å². The fraction of sp³-hybridized carbons (Fsp3) is 0.857. The van der Waals surface area contributed by atoms with E-state index in [2.05, 4.69) is 0 Å². The Labute approximate surface area is 66.3 Å². The van der Waals surface area contributed by atoms with Crippen LogP contribution < -0.4 is 5.73 Å². The van der Waals surface area contributed by atoms with Crippen LogP contribution in [0, 0.1) is 0 Å². The highest BCUT2D eigenvalue weighted by molar-refractivity contribution is 5.70. The maximum absolute atomic E-state index is 10.9. The Kier molecular flexibility index (Phi) is 2.04. The van der Waals surface area contributed by atoms with Crippen molar-refractivity contribution in [3.63, 3.8) is 0 Å². The second-order valence-electron chi connectivity index (χ2n) is 3.21. The van der Waals surface area contributed by atoms with E-state index < -0.39 is 0 Å². The van der Waals surface area contributed by atoms with Crippen LogP contribution in [0.4, 0.5) is 4.79 Å². The number of nitrogens with two attached hydrogens (primary N) is 1. The molecule has 0 saturated carbocycles. The number of rotatable bonds is 2. The Hall–Kier alpha value is -0.770. The highest BCUT2D eigenvalue weighted by Crippen LogP contribution is 2.23. The lowest BCUT2D eigenvalue weighted by molar-refractivity contribution is 0.0669. The molecule has 4 heteroatoms. The smallest absolute Gasteiger partial charge is 0.410 e. The number of carbonyl (C=O) groups excluding carboxylic acids is 1. The van der Waals surface area contributed by atoms with Crippen molar-refractivity contribution in [3.05, 3.63) is 0 Å². The Balaban J connectivity index is 2.56. The maximum atomic E-state index is 10.9. The SMILES string of the molecule is CN1CC(C)(CCN)OC1=O. The normalized spacial score (nSPS) is 30.8. The van der Waals surface area contributed by atoms with Gasteiger partial charge in [0, 0.05) is 13.5 Å². The minimum absolute atomic E-state index is 0.249. The second kappa shape index (κ2) is 2.70. The van der Waals surface area contributed by atoms with Crippen LogP contribution in [0.3, 0.4) is 0 Å². The van der Waals surface area contributed by atoms with Crippen molar-refractivity contribution in [2.24, 2.45) is 5.73 Å². The Morgan fingerprint density at radius 3 is 2.82 bits per heavy atom. The van der Waals surface area contributed by atoms with Crippen molar-refractivity contribution < 1.29 is 9.53 Å². The first-order chi connectivity index (χ1) is 5.07. The molecule has 0 radical (unpaired) electrons. The van der Waals surface area contributed by atoms with E-state index in [-0.39, 0.29) is 11.7 Å².